The standard InChI is InChI=1S/C11H16O3/c1-6-8-3-4-13-7(2)9(8)11(5-12)10(6)14-11/h3-4,6-10,12H,5H2,1-2H3/t6-,7-,8-,9-,10-,11+/m0/s1. The van der Waals surface area contributed by atoms with Crippen molar-refractivity contribution in [2.24, 2.45) is 17.8 Å². The first-order valence-corrected chi connectivity index (χ1v) is 5.31. The Hall–Kier alpha value is -0.540. The zero-order valence-corrected chi connectivity index (χ0v) is 8.51. The van der Waals surface area contributed by atoms with Crippen LogP contribution in [0.15, 0.2) is 12.3 Å². The summed E-state index contributed by atoms with van der Waals surface area (Å²) in [6, 6.07) is 0. The lowest BCUT2D eigenvalue weighted by atomic mass is 9.81. The van der Waals surface area contributed by atoms with Crippen molar-refractivity contribution in [2.45, 2.75) is 31.7 Å². The Morgan fingerprint density at radius 3 is 2.93 bits per heavy atom. The maximum absolute atomic E-state index is 9.44. The van der Waals surface area contributed by atoms with Gasteiger partial charge in [0.15, 0.2) is 0 Å². The van der Waals surface area contributed by atoms with Crippen LogP contribution in [0.4, 0.5) is 0 Å². The SMILES string of the molecule is C[C@H]1[C@@H]2C=CO[C@@H](C)[C@@H]2[C@@]2(CO)O[C@@H]12. The maximum Gasteiger partial charge on any atom is 0.125 e. The highest BCUT2D eigenvalue weighted by molar-refractivity contribution is 5.23. The summed E-state index contributed by atoms with van der Waals surface area (Å²) in [6.45, 7) is 4.40. The maximum atomic E-state index is 9.44. The molecule has 1 saturated carbocycles. The van der Waals surface area contributed by atoms with Gasteiger partial charge in [-0.05, 0) is 24.8 Å². The predicted molar refractivity (Wildman–Crippen MR) is 50.5 cm³/mol. The van der Waals surface area contributed by atoms with E-state index in [-0.39, 0.29) is 24.4 Å². The molecule has 0 aromatic heterocycles. The Morgan fingerprint density at radius 1 is 1.43 bits per heavy atom. The van der Waals surface area contributed by atoms with Crippen LogP contribution < -0.4 is 0 Å². The first kappa shape index (κ1) is 8.74. The van der Waals surface area contributed by atoms with E-state index in [1.54, 1.807) is 6.26 Å². The number of hydrogen-bond acceptors (Lipinski definition) is 3. The van der Waals surface area contributed by atoms with Gasteiger partial charge in [-0.25, -0.2) is 0 Å². The molecule has 0 spiro atoms. The lowest BCUT2D eigenvalue weighted by Gasteiger charge is -2.34. The Balaban J connectivity index is 1.98. The van der Waals surface area contributed by atoms with Gasteiger partial charge in [0.25, 0.3) is 0 Å². The van der Waals surface area contributed by atoms with Crippen LogP contribution >= 0.6 is 0 Å². The molecule has 0 unspecified atom stereocenters. The van der Waals surface area contributed by atoms with Gasteiger partial charge in [0.1, 0.15) is 11.7 Å². The Bertz CT molecular complexity index is 288. The van der Waals surface area contributed by atoms with Gasteiger partial charge in [-0.2, -0.15) is 0 Å². The van der Waals surface area contributed by atoms with Crippen LogP contribution in [0.1, 0.15) is 13.8 Å². The second kappa shape index (κ2) is 2.52. The van der Waals surface area contributed by atoms with E-state index >= 15 is 0 Å². The normalized spacial score (nSPS) is 58.9. The van der Waals surface area contributed by atoms with Crippen LogP contribution in [0.5, 0.6) is 0 Å². The van der Waals surface area contributed by atoms with E-state index in [0.717, 1.165) is 0 Å². The van der Waals surface area contributed by atoms with E-state index in [2.05, 4.69) is 19.9 Å². The molecule has 3 rings (SSSR count). The third-order valence-corrected chi connectivity index (χ3v) is 4.18. The third kappa shape index (κ3) is 0.805. The molecular weight excluding hydrogens is 180 g/mol. The first-order valence-electron chi connectivity index (χ1n) is 5.31. The van der Waals surface area contributed by atoms with Gasteiger partial charge in [-0.3, -0.25) is 0 Å². The Labute approximate surface area is 83.7 Å². The van der Waals surface area contributed by atoms with Crippen LogP contribution in [0, 0.1) is 17.8 Å². The average Bonchev–Trinajstić information content (AvgIpc) is 2.87. The van der Waals surface area contributed by atoms with Crippen molar-refractivity contribution in [3.05, 3.63) is 12.3 Å². The fraction of sp³-hybridized carbons (Fsp3) is 0.818. The Morgan fingerprint density at radius 2 is 2.21 bits per heavy atom. The highest BCUT2D eigenvalue weighted by Gasteiger charge is 2.73. The van der Waals surface area contributed by atoms with Gasteiger partial charge in [0.05, 0.1) is 19.0 Å². The van der Waals surface area contributed by atoms with Crippen molar-refractivity contribution in [3.8, 4) is 0 Å². The van der Waals surface area contributed by atoms with Crippen LogP contribution in [-0.4, -0.2) is 29.5 Å². The highest BCUT2D eigenvalue weighted by Crippen LogP contribution is 2.61. The molecular formula is C11H16O3. The first-order chi connectivity index (χ1) is 6.70. The number of aliphatic hydroxyl groups is 1. The molecule has 2 aliphatic heterocycles. The molecule has 14 heavy (non-hydrogen) atoms. The molecule has 3 aliphatic rings. The molecule has 1 N–H and O–H groups in total. The average molecular weight is 196 g/mol. The predicted octanol–water partition coefficient (Wildman–Crippen LogP) is 0.931. The van der Waals surface area contributed by atoms with Crippen molar-refractivity contribution >= 4 is 0 Å². The summed E-state index contributed by atoms with van der Waals surface area (Å²) in [5, 5.41) is 9.44. The number of allylic oxidation sites excluding steroid dienone is 1. The topological polar surface area (TPSA) is 42.0 Å². The third-order valence-electron chi connectivity index (χ3n) is 4.18. The van der Waals surface area contributed by atoms with E-state index in [4.69, 9.17) is 9.47 Å². The van der Waals surface area contributed by atoms with Crippen molar-refractivity contribution in [1.29, 1.82) is 0 Å². The largest absolute Gasteiger partial charge is 0.498 e. The number of ether oxygens (including phenoxy) is 2. The minimum atomic E-state index is -0.283. The molecule has 2 heterocycles. The molecule has 2 fully saturated rings. The molecule has 0 bridgehead atoms. The fourth-order valence-corrected chi connectivity index (χ4v) is 3.46. The second-order valence-corrected chi connectivity index (χ2v) is 4.78. The zero-order valence-electron chi connectivity index (χ0n) is 8.51. The number of epoxide rings is 1. The smallest absolute Gasteiger partial charge is 0.125 e. The van der Waals surface area contributed by atoms with E-state index in [1.165, 1.54) is 0 Å². The molecule has 1 aliphatic carbocycles. The lowest BCUT2D eigenvalue weighted by molar-refractivity contribution is -0.0172. The van der Waals surface area contributed by atoms with E-state index in [0.29, 0.717) is 17.8 Å². The number of aliphatic hydroxyl groups excluding tert-OH is 1. The summed E-state index contributed by atoms with van der Waals surface area (Å²) in [6.07, 6.45) is 4.34. The second-order valence-electron chi connectivity index (χ2n) is 4.78. The molecule has 0 aromatic rings. The summed E-state index contributed by atoms with van der Waals surface area (Å²) in [7, 11) is 0. The van der Waals surface area contributed by atoms with Crippen LogP contribution in [0.2, 0.25) is 0 Å². The number of fused-ring (bicyclic) bond motifs is 3. The number of hydrogen-bond donors (Lipinski definition) is 1. The summed E-state index contributed by atoms with van der Waals surface area (Å²) >= 11 is 0. The lowest BCUT2D eigenvalue weighted by Crippen LogP contribution is -2.40. The van der Waals surface area contributed by atoms with Crippen LogP contribution in [-0.2, 0) is 9.47 Å². The van der Waals surface area contributed by atoms with Gasteiger partial charge in [0, 0.05) is 5.92 Å². The van der Waals surface area contributed by atoms with E-state index in [1.807, 2.05) is 0 Å². The van der Waals surface area contributed by atoms with Crippen molar-refractivity contribution in [2.75, 3.05) is 6.61 Å². The van der Waals surface area contributed by atoms with Crippen molar-refractivity contribution in [1.82, 2.24) is 0 Å². The zero-order chi connectivity index (χ0) is 9.92. The molecule has 6 atom stereocenters. The van der Waals surface area contributed by atoms with E-state index < -0.39 is 0 Å². The highest BCUT2D eigenvalue weighted by atomic mass is 16.6. The van der Waals surface area contributed by atoms with Crippen LogP contribution in [0.25, 0.3) is 0 Å². The monoisotopic (exact) mass is 196 g/mol. The minimum absolute atomic E-state index is 0.130. The van der Waals surface area contributed by atoms with Gasteiger partial charge in [0.2, 0.25) is 0 Å². The number of rotatable bonds is 1. The summed E-state index contributed by atoms with van der Waals surface area (Å²) in [5.74, 6) is 1.36. The molecule has 0 radical (unpaired) electrons. The molecule has 0 amide bonds. The molecule has 1 saturated heterocycles. The van der Waals surface area contributed by atoms with E-state index in [9.17, 15) is 5.11 Å². The van der Waals surface area contributed by atoms with Gasteiger partial charge >= 0.3 is 0 Å². The molecule has 3 heteroatoms. The van der Waals surface area contributed by atoms with Crippen molar-refractivity contribution < 1.29 is 14.6 Å². The summed E-state index contributed by atoms with van der Waals surface area (Å²) < 4.78 is 11.2. The minimum Gasteiger partial charge on any atom is -0.498 e. The van der Waals surface area contributed by atoms with Crippen molar-refractivity contribution in [3.63, 3.8) is 0 Å². The van der Waals surface area contributed by atoms with Crippen LogP contribution in [0.3, 0.4) is 0 Å². The van der Waals surface area contributed by atoms with Gasteiger partial charge < -0.3 is 14.6 Å². The summed E-state index contributed by atoms with van der Waals surface area (Å²) in [4.78, 5) is 0. The quantitative estimate of drug-likeness (QED) is 0.634. The summed E-state index contributed by atoms with van der Waals surface area (Å²) in [5.41, 5.74) is -0.283. The molecule has 3 nitrogen and oxygen atoms in total. The molecule has 0 aromatic carbocycles. The van der Waals surface area contributed by atoms with Gasteiger partial charge in [-0.1, -0.05) is 6.92 Å². The fourth-order valence-electron chi connectivity index (χ4n) is 3.46. The molecule has 78 valence electrons. The van der Waals surface area contributed by atoms with Gasteiger partial charge in [-0.15, -0.1) is 0 Å². The Kier molecular flexibility index (Phi) is 1.58.